The number of amides is 4. The number of carbonyl (C=O) groups excluding carboxylic acids is 3. The average Bonchev–Trinajstić information content (AvgIpc) is 2.83. The minimum absolute atomic E-state index is 0.0308. The predicted molar refractivity (Wildman–Crippen MR) is 128 cm³/mol. The average molecular weight is 505 g/mol. The molecule has 1 unspecified atom stereocenters. The van der Waals surface area contributed by atoms with Crippen LogP contribution >= 0.6 is 0 Å². The van der Waals surface area contributed by atoms with Gasteiger partial charge in [0, 0.05) is 23.6 Å². The predicted octanol–water partition coefficient (Wildman–Crippen LogP) is 5.66. The Balaban J connectivity index is 1.83. The minimum Gasteiger partial charge on any atom is -0.466 e. The smallest absolute Gasteiger partial charge is 0.416 e. The zero-order valence-corrected chi connectivity index (χ0v) is 20.0. The fraction of sp³-hybridized carbons (Fsp3) is 0.320. The number of esters is 1. The van der Waals surface area contributed by atoms with Gasteiger partial charge in [0.2, 0.25) is 0 Å². The first-order chi connectivity index (χ1) is 17.0. The van der Waals surface area contributed by atoms with Crippen LogP contribution in [-0.2, 0) is 15.7 Å². The van der Waals surface area contributed by atoms with Crippen molar-refractivity contribution in [2.24, 2.45) is 0 Å². The van der Waals surface area contributed by atoms with Crippen LogP contribution in [0.15, 0.2) is 59.8 Å². The van der Waals surface area contributed by atoms with Crippen LogP contribution in [0.4, 0.5) is 34.1 Å². The van der Waals surface area contributed by atoms with E-state index in [1.54, 1.807) is 31.2 Å². The van der Waals surface area contributed by atoms with Crippen molar-refractivity contribution in [3.8, 4) is 0 Å². The Kier molecular flexibility index (Phi) is 8.23. The maximum Gasteiger partial charge on any atom is 0.416 e. The molecule has 192 valence electrons. The second-order valence-corrected chi connectivity index (χ2v) is 8.16. The molecular formula is C25H27F3N4O4. The Bertz CT molecular complexity index is 1180. The molecule has 2 aromatic rings. The number of unbranched alkanes of at least 4 members (excludes halogenated alkanes) is 1. The van der Waals surface area contributed by atoms with Gasteiger partial charge in [0.05, 0.1) is 24.3 Å². The first-order valence-electron chi connectivity index (χ1n) is 11.3. The van der Waals surface area contributed by atoms with E-state index in [4.69, 9.17) is 4.74 Å². The van der Waals surface area contributed by atoms with Gasteiger partial charge in [-0.1, -0.05) is 31.5 Å². The normalized spacial score (nSPS) is 15.9. The van der Waals surface area contributed by atoms with E-state index in [1.807, 2.05) is 6.92 Å². The van der Waals surface area contributed by atoms with Gasteiger partial charge in [0.1, 0.15) is 0 Å². The van der Waals surface area contributed by atoms with E-state index in [9.17, 15) is 27.6 Å². The molecule has 1 atom stereocenters. The molecule has 0 saturated heterocycles. The number of anilines is 2. The first-order valence-corrected chi connectivity index (χ1v) is 11.3. The van der Waals surface area contributed by atoms with Crippen LogP contribution in [0.25, 0.3) is 0 Å². The van der Waals surface area contributed by atoms with Gasteiger partial charge in [-0.3, -0.25) is 4.90 Å². The fourth-order valence-corrected chi connectivity index (χ4v) is 3.85. The summed E-state index contributed by atoms with van der Waals surface area (Å²) in [6.45, 7) is 4.11. The van der Waals surface area contributed by atoms with Gasteiger partial charge >= 0.3 is 24.2 Å². The summed E-state index contributed by atoms with van der Waals surface area (Å²) < 4.78 is 43.8. The Morgan fingerprint density at radius 2 is 1.72 bits per heavy atom. The summed E-state index contributed by atoms with van der Waals surface area (Å²) in [6, 6.07) is 8.75. The number of allylic oxidation sites excluding steroid dienone is 1. The Hall–Kier alpha value is -4.02. The summed E-state index contributed by atoms with van der Waals surface area (Å²) in [5.41, 5.74) is 0.637. The van der Waals surface area contributed by atoms with Crippen molar-refractivity contribution in [2.75, 3.05) is 24.3 Å². The zero-order chi connectivity index (χ0) is 26.5. The molecule has 0 spiro atoms. The van der Waals surface area contributed by atoms with Gasteiger partial charge in [0.25, 0.3) is 0 Å². The van der Waals surface area contributed by atoms with Gasteiger partial charge in [0.15, 0.2) is 0 Å². The summed E-state index contributed by atoms with van der Waals surface area (Å²) in [5, 5.41) is 7.75. The van der Waals surface area contributed by atoms with Crippen LogP contribution in [0.5, 0.6) is 0 Å². The van der Waals surface area contributed by atoms with Crippen molar-refractivity contribution in [3.05, 3.63) is 70.9 Å². The molecule has 0 saturated carbocycles. The molecule has 0 bridgehead atoms. The van der Waals surface area contributed by atoms with E-state index in [-0.39, 0.29) is 17.3 Å². The standard InChI is InChI=1S/C25H27F3N4O4/c1-4-5-12-32-15(2)20(22(33)36-3)21(31-24(32)35)16-8-6-10-18(13-16)29-23(34)30-19-11-7-9-17(14-19)25(26,27)28/h6-11,13-14,21H,4-5,12H2,1-3H3,(H,31,35)(H2,29,30,34). The molecule has 1 aliphatic rings. The number of halogens is 3. The zero-order valence-electron chi connectivity index (χ0n) is 20.0. The Morgan fingerprint density at radius 1 is 1.08 bits per heavy atom. The molecule has 2 aromatic carbocycles. The molecule has 4 amide bonds. The van der Waals surface area contributed by atoms with Crippen LogP contribution in [0.1, 0.15) is 43.9 Å². The Labute approximate surface area is 206 Å². The van der Waals surface area contributed by atoms with Gasteiger partial charge in [-0.05, 0) is 49.2 Å². The SMILES string of the molecule is CCCCN1C(=O)NC(c2cccc(NC(=O)Nc3cccc(C(F)(F)F)c3)c2)C(C(=O)OC)=C1C. The van der Waals surface area contributed by atoms with Gasteiger partial charge < -0.3 is 20.7 Å². The largest absolute Gasteiger partial charge is 0.466 e. The number of nitrogens with zero attached hydrogens (tertiary/aromatic N) is 1. The number of urea groups is 2. The summed E-state index contributed by atoms with van der Waals surface area (Å²) in [4.78, 5) is 39.3. The molecule has 36 heavy (non-hydrogen) atoms. The lowest BCUT2D eigenvalue weighted by Gasteiger charge is -2.35. The number of benzene rings is 2. The summed E-state index contributed by atoms with van der Waals surface area (Å²) in [7, 11) is 1.25. The number of rotatable bonds is 7. The quantitative estimate of drug-likeness (QED) is 0.424. The van der Waals surface area contributed by atoms with Crippen LogP contribution in [0.3, 0.4) is 0 Å². The van der Waals surface area contributed by atoms with Gasteiger partial charge in [-0.2, -0.15) is 13.2 Å². The van der Waals surface area contributed by atoms with Crippen LogP contribution in [-0.4, -0.2) is 36.6 Å². The van der Waals surface area contributed by atoms with Crippen LogP contribution in [0, 0.1) is 0 Å². The lowest BCUT2D eigenvalue weighted by Crippen LogP contribution is -2.48. The van der Waals surface area contributed by atoms with Crippen molar-refractivity contribution in [3.63, 3.8) is 0 Å². The topological polar surface area (TPSA) is 99.8 Å². The summed E-state index contributed by atoms with van der Waals surface area (Å²) >= 11 is 0. The third kappa shape index (κ3) is 6.15. The van der Waals surface area contributed by atoms with Gasteiger partial charge in [-0.15, -0.1) is 0 Å². The molecule has 1 heterocycles. The highest BCUT2D eigenvalue weighted by molar-refractivity contribution is 6.00. The molecular weight excluding hydrogens is 477 g/mol. The second kappa shape index (κ2) is 11.1. The molecule has 8 nitrogen and oxygen atoms in total. The highest BCUT2D eigenvalue weighted by Gasteiger charge is 2.36. The number of nitrogens with one attached hydrogen (secondary N) is 3. The molecule has 0 fully saturated rings. The van der Waals surface area contributed by atoms with Crippen molar-refractivity contribution >= 4 is 29.4 Å². The maximum atomic E-state index is 12.9. The van der Waals surface area contributed by atoms with Crippen molar-refractivity contribution in [1.82, 2.24) is 10.2 Å². The number of carbonyl (C=O) groups is 3. The number of hydrogen-bond acceptors (Lipinski definition) is 4. The molecule has 3 N–H and O–H groups in total. The molecule has 0 aromatic heterocycles. The van der Waals surface area contributed by atoms with Crippen molar-refractivity contribution < 1.29 is 32.3 Å². The molecule has 0 aliphatic carbocycles. The summed E-state index contributed by atoms with van der Waals surface area (Å²) in [5.74, 6) is -0.598. The highest BCUT2D eigenvalue weighted by Crippen LogP contribution is 2.33. The fourth-order valence-electron chi connectivity index (χ4n) is 3.85. The number of alkyl halides is 3. The maximum absolute atomic E-state index is 12.9. The van der Waals surface area contributed by atoms with E-state index in [1.165, 1.54) is 24.1 Å². The molecule has 11 heteroatoms. The van der Waals surface area contributed by atoms with E-state index in [2.05, 4.69) is 16.0 Å². The molecule has 1 aliphatic heterocycles. The van der Waals surface area contributed by atoms with E-state index in [0.717, 1.165) is 25.0 Å². The van der Waals surface area contributed by atoms with E-state index < -0.39 is 29.8 Å². The minimum atomic E-state index is -4.54. The van der Waals surface area contributed by atoms with Gasteiger partial charge in [-0.25, -0.2) is 14.4 Å². The second-order valence-electron chi connectivity index (χ2n) is 8.16. The first kappa shape index (κ1) is 26.6. The van der Waals surface area contributed by atoms with E-state index >= 15 is 0 Å². The van der Waals surface area contributed by atoms with Crippen LogP contribution < -0.4 is 16.0 Å². The van der Waals surface area contributed by atoms with Crippen molar-refractivity contribution in [2.45, 2.75) is 38.9 Å². The molecule has 0 radical (unpaired) electrons. The molecule has 3 rings (SSSR count). The number of ether oxygens (including phenoxy) is 1. The number of hydrogen-bond donors (Lipinski definition) is 3. The monoisotopic (exact) mass is 504 g/mol. The third-order valence-electron chi connectivity index (χ3n) is 5.66. The third-order valence-corrected chi connectivity index (χ3v) is 5.66. The number of methoxy groups -OCH3 is 1. The van der Waals surface area contributed by atoms with Crippen LogP contribution in [0.2, 0.25) is 0 Å². The lowest BCUT2D eigenvalue weighted by atomic mass is 9.94. The van der Waals surface area contributed by atoms with E-state index in [0.29, 0.717) is 23.5 Å². The lowest BCUT2D eigenvalue weighted by molar-refractivity contribution is -0.138. The summed E-state index contributed by atoms with van der Waals surface area (Å²) in [6.07, 6.45) is -2.92. The highest BCUT2D eigenvalue weighted by atomic mass is 19.4. The van der Waals surface area contributed by atoms with Crippen molar-refractivity contribution in [1.29, 1.82) is 0 Å². The Morgan fingerprint density at radius 3 is 2.33 bits per heavy atom.